The summed E-state index contributed by atoms with van der Waals surface area (Å²) in [5.74, 6) is 0. The van der Waals surface area contributed by atoms with Gasteiger partial charge in [0.1, 0.15) is 0 Å². The topological polar surface area (TPSA) is 40.5 Å². The smallest absolute Gasteiger partial charge is 0.0471 e. The van der Waals surface area contributed by atoms with E-state index in [4.69, 9.17) is 10.2 Å². The SMILES string of the molecule is CCCCCCCCCO.OCCc1ccccc1. The first-order valence-electron chi connectivity index (χ1n) is 7.60. The van der Waals surface area contributed by atoms with E-state index in [1.165, 1.54) is 44.1 Å². The molecule has 0 fully saturated rings. The van der Waals surface area contributed by atoms with Crippen molar-refractivity contribution in [1.82, 2.24) is 0 Å². The minimum atomic E-state index is 0.240. The number of rotatable bonds is 9. The molecule has 0 aromatic heterocycles. The highest BCUT2D eigenvalue weighted by Crippen LogP contribution is 2.05. The predicted octanol–water partition coefficient (Wildman–Crippen LogP) is 3.95. The molecule has 0 aliphatic heterocycles. The normalized spacial score (nSPS) is 9.84. The van der Waals surface area contributed by atoms with Crippen molar-refractivity contribution in [3.8, 4) is 0 Å². The average Bonchev–Trinajstić information content (AvgIpc) is 2.45. The van der Waals surface area contributed by atoms with Crippen LogP contribution in [-0.2, 0) is 6.42 Å². The standard InChI is InChI=1S/C9H20O.C8H10O/c1-2-3-4-5-6-7-8-9-10;9-7-6-8-4-2-1-3-5-8/h10H,2-9H2,1H3;1-5,9H,6-7H2. The number of hydrogen-bond donors (Lipinski definition) is 2. The zero-order valence-corrected chi connectivity index (χ0v) is 12.4. The number of aliphatic hydroxyl groups is 2. The van der Waals surface area contributed by atoms with E-state index < -0.39 is 0 Å². The molecule has 1 rings (SSSR count). The zero-order chi connectivity index (χ0) is 14.2. The molecule has 0 aliphatic carbocycles. The van der Waals surface area contributed by atoms with Gasteiger partial charge in [-0.3, -0.25) is 0 Å². The van der Waals surface area contributed by atoms with E-state index in [1.807, 2.05) is 30.3 Å². The van der Waals surface area contributed by atoms with Gasteiger partial charge < -0.3 is 10.2 Å². The van der Waals surface area contributed by atoms with Gasteiger partial charge in [0, 0.05) is 13.2 Å². The van der Waals surface area contributed by atoms with Crippen LogP contribution in [0.15, 0.2) is 30.3 Å². The maximum Gasteiger partial charge on any atom is 0.0471 e. The lowest BCUT2D eigenvalue weighted by Crippen LogP contribution is -1.88. The molecule has 2 N–H and O–H groups in total. The van der Waals surface area contributed by atoms with Crippen LogP contribution in [0.4, 0.5) is 0 Å². The summed E-state index contributed by atoms with van der Waals surface area (Å²) in [7, 11) is 0. The van der Waals surface area contributed by atoms with Gasteiger partial charge in [0.05, 0.1) is 0 Å². The third-order valence-corrected chi connectivity index (χ3v) is 3.00. The molecule has 1 aromatic rings. The summed E-state index contributed by atoms with van der Waals surface area (Å²) >= 11 is 0. The van der Waals surface area contributed by atoms with Crippen LogP contribution in [0.25, 0.3) is 0 Å². The molecule has 110 valence electrons. The molecule has 0 heterocycles. The van der Waals surface area contributed by atoms with Crippen LogP contribution >= 0.6 is 0 Å². The molecule has 19 heavy (non-hydrogen) atoms. The van der Waals surface area contributed by atoms with Crippen LogP contribution in [0.1, 0.15) is 57.4 Å². The molecule has 0 bridgehead atoms. The van der Waals surface area contributed by atoms with E-state index in [0.717, 1.165) is 12.8 Å². The van der Waals surface area contributed by atoms with Crippen molar-refractivity contribution < 1.29 is 10.2 Å². The number of hydrogen-bond acceptors (Lipinski definition) is 2. The zero-order valence-electron chi connectivity index (χ0n) is 12.4. The molecular formula is C17H30O2. The summed E-state index contributed by atoms with van der Waals surface area (Å²) in [6, 6.07) is 9.95. The van der Waals surface area contributed by atoms with E-state index in [-0.39, 0.29) is 6.61 Å². The third-order valence-electron chi connectivity index (χ3n) is 3.00. The summed E-state index contributed by atoms with van der Waals surface area (Å²) in [6.07, 6.45) is 9.70. The van der Waals surface area contributed by atoms with Crippen molar-refractivity contribution in [3.05, 3.63) is 35.9 Å². The van der Waals surface area contributed by atoms with E-state index in [1.54, 1.807) is 0 Å². The molecule has 2 heteroatoms. The van der Waals surface area contributed by atoms with Crippen molar-refractivity contribution in [1.29, 1.82) is 0 Å². The molecule has 0 aliphatic rings. The van der Waals surface area contributed by atoms with Gasteiger partial charge in [0.15, 0.2) is 0 Å². The minimum absolute atomic E-state index is 0.240. The fourth-order valence-corrected chi connectivity index (χ4v) is 1.84. The van der Waals surface area contributed by atoms with E-state index >= 15 is 0 Å². The average molecular weight is 266 g/mol. The Morgan fingerprint density at radius 3 is 1.84 bits per heavy atom. The maximum atomic E-state index is 8.52. The monoisotopic (exact) mass is 266 g/mol. The van der Waals surface area contributed by atoms with Gasteiger partial charge in [0.25, 0.3) is 0 Å². The Kier molecular flexibility index (Phi) is 14.5. The molecule has 0 unspecified atom stereocenters. The first-order chi connectivity index (χ1) is 9.35. The lowest BCUT2D eigenvalue weighted by Gasteiger charge is -1.97. The second-order valence-electron chi connectivity index (χ2n) is 4.80. The second kappa shape index (κ2) is 15.2. The first kappa shape index (κ1) is 18.1. The highest BCUT2D eigenvalue weighted by Gasteiger charge is 1.88. The first-order valence-corrected chi connectivity index (χ1v) is 7.60. The molecule has 0 radical (unpaired) electrons. The molecule has 0 atom stereocenters. The van der Waals surface area contributed by atoms with Gasteiger partial charge in [-0.15, -0.1) is 0 Å². The van der Waals surface area contributed by atoms with Crippen LogP contribution in [-0.4, -0.2) is 23.4 Å². The molecule has 0 saturated heterocycles. The fraction of sp³-hybridized carbons (Fsp3) is 0.647. The molecule has 1 aromatic carbocycles. The largest absolute Gasteiger partial charge is 0.396 e. The molecule has 2 nitrogen and oxygen atoms in total. The lowest BCUT2D eigenvalue weighted by molar-refractivity contribution is 0.282. The Morgan fingerprint density at radius 2 is 1.32 bits per heavy atom. The maximum absolute atomic E-state index is 8.52. The van der Waals surface area contributed by atoms with Gasteiger partial charge >= 0.3 is 0 Å². The van der Waals surface area contributed by atoms with Crippen molar-refractivity contribution >= 4 is 0 Å². The number of unbranched alkanes of at least 4 members (excludes halogenated alkanes) is 6. The van der Waals surface area contributed by atoms with E-state index in [2.05, 4.69) is 6.92 Å². The summed E-state index contributed by atoms with van der Waals surface area (Å²) in [4.78, 5) is 0. The summed E-state index contributed by atoms with van der Waals surface area (Å²) in [5.41, 5.74) is 1.19. The fourth-order valence-electron chi connectivity index (χ4n) is 1.84. The number of aliphatic hydroxyl groups excluding tert-OH is 2. The number of benzene rings is 1. The summed E-state index contributed by atoms with van der Waals surface area (Å²) in [6.45, 7) is 2.84. The van der Waals surface area contributed by atoms with Gasteiger partial charge in [-0.2, -0.15) is 0 Å². The Bertz CT molecular complexity index is 251. The highest BCUT2D eigenvalue weighted by atomic mass is 16.3. The summed E-state index contributed by atoms with van der Waals surface area (Å²) < 4.78 is 0. The van der Waals surface area contributed by atoms with Crippen LogP contribution in [0.5, 0.6) is 0 Å². The molecule has 0 spiro atoms. The van der Waals surface area contributed by atoms with Crippen molar-refractivity contribution in [2.75, 3.05) is 13.2 Å². The Balaban J connectivity index is 0.000000342. The van der Waals surface area contributed by atoms with Gasteiger partial charge in [-0.25, -0.2) is 0 Å². The van der Waals surface area contributed by atoms with E-state index in [0.29, 0.717) is 6.61 Å². The van der Waals surface area contributed by atoms with Crippen LogP contribution in [0, 0.1) is 0 Å². The lowest BCUT2D eigenvalue weighted by atomic mass is 10.1. The van der Waals surface area contributed by atoms with Crippen LogP contribution in [0.2, 0.25) is 0 Å². The highest BCUT2D eigenvalue weighted by molar-refractivity contribution is 5.14. The Morgan fingerprint density at radius 1 is 0.737 bits per heavy atom. The Hall–Kier alpha value is -0.860. The van der Waals surface area contributed by atoms with Gasteiger partial charge in [0.2, 0.25) is 0 Å². The predicted molar refractivity (Wildman–Crippen MR) is 82.3 cm³/mol. The Labute approximate surface area is 118 Å². The molecule has 0 amide bonds. The van der Waals surface area contributed by atoms with Crippen LogP contribution < -0.4 is 0 Å². The van der Waals surface area contributed by atoms with Gasteiger partial charge in [-0.1, -0.05) is 75.8 Å². The van der Waals surface area contributed by atoms with Crippen molar-refractivity contribution in [2.45, 2.75) is 58.3 Å². The second-order valence-corrected chi connectivity index (χ2v) is 4.80. The van der Waals surface area contributed by atoms with Crippen molar-refractivity contribution in [2.24, 2.45) is 0 Å². The summed E-state index contributed by atoms with van der Waals surface area (Å²) in [5, 5.41) is 17.0. The van der Waals surface area contributed by atoms with E-state index in [9.17, 15) is 0 Å². The molecule has 0 saturated carbocycles. The minimum Gasteiger partial charge on any atom is -0.396 e. The van der Waals surface area contributed by atoms with Gasteiger partial charge in [-0.05, 0) is 18.4 Å². The van der Waals surface area contributed by atoms with Crippen LogP contribution in [0.3, 0.4) is 0 Å². The molecular weight excluding hydrogens is 236 g/mol. The quantitative estimate of drug-likeness (QED) is 0.664. The third kappa shape index (κ3) is 13.4. The van der Waals surface area contributed by atoms with Crippen molar-refractivity contribution in [3.63, 3.8) is 0 Å².